The second kappa shape index (κ2) is 7.51. The van der Waals surface area contributed by atoms with Crippen molar-refractivity contribution in [1.29, 1.82) is 0 Å². The van der Waals surface area contributed by atoms with Crippen molar-refractivity contribution in [3.05, 3.63) is 35.6 Å². The molecule has 0 spiro atoms. The molecule has 0 aliphatic carbocycles. The van der Waals surface area contributed by atoms with Crippen molar-refractivity contribution in [3.8, 4) is 0 Å². The average molecular weight is 267 g/mol. The van der Waals surface area contributed by atoms with Crippen LogP contribution in [0.5, 0.6) is 0 Å². The number of amides is 1. The Morgan fingerprint density at radius 1 is 1.26 bits per heavy atom. The van der Waals surface area contributed by atoms with Crippen molar-refractivity contribution < 1.29 is 18.7 Å². The SMILES string of the molecule is CCC(=O)N(CCC(=O)OC)Cc1ccc(F)cc1. The average Bonchev–Trinajstić information content (AvgIpc) is 2.44. The highest BCUT2D eigenvalue weighted by Gasteiger charge is 2.14. The van der Waals surface area contributed by atoms with Gasteiger partial charge in [0, 0.05) is 19.5 Å². The van der Waals surface area contributed by atoms with E-state index in [1.807, 2.05) is 0 Å². The molecule has 0 radical (unpaired) electrons. The molecule has 0 atom stereocenters. The van der Waals surface area contributed by atoms with Gasteiger partial charge in [-0.05, 0) is 17.7 Å². The Labute approximate surface area is 112 Å². The Morgan fingerprint density at radius 3 is 2.42 bits per heavy atom. The number of benzene rings is 1. The largest absolute Gasteiger partial charge is 0.469 e. The molecule has 1 amide bonds. The molecule has 0 saturated heterocycles. The van der Waals surface area contributed by atoms with Crippen LogP contribution in [-0.2, 0) is 20.9 Å². The van der Waals surface area contributed by atoms with Crippen LogP contribution < -0.4 is 0 Å². The van der Waals surface area contributed by atoms with Crippen LogP contribution in [0, 0.1) is 5.82 Å². The summed E-state index contributed by atoms with van der Waals surface area (Å²) in [4.78, 5) is 24.5. The van der Waals surface area contributed by atoms with Crippen molar-refractivity contribution >= 4 is 11.9 Å². The molecule has 0 bridgehead atoms. The fourth-order valence-electron chi connectivity index (χ4n) is 1.65. The molecule has 0 N–H and O–H groups in total. The predicted molar refractivity (Wildman–Crippen MR) is 68.7 cm³/mol. The van der Waals surface area contributed by atoms with Crippen LogP contribution in [0.3, 0.4) is 0 Å². The van der Waals surface area contributed by atoms with Crippen molar-refractivity contribution in [1.82, 2.24) is 4.90 Å². The smallest absolute Gasteiger partial charge is 0.307 e. The summed E-state index contributed by atoms with van der Waals surface area (Å²) in [5.41, 5.74) is 0.827. The highest BCUT2D eigenvalue weighted by molar-refractivity contribution is 5.77. The van der Waals surface area contributed by atoms with Gasteiger partial charge in [-0.1, -0.05) is 19.1 Å². The van der Waals surface area contributed by atoms with Gasteiger partial charge in [-0.3, -0.25) is 9.59 Å². The lowest BCUT2D eigenvalue weighted by Gasteiger charge is -2.21. The van der Waals surface area contributed by atoms with Gasteiger partial charge in [0.2, 0.25) is 5.91 Å². The van der Waals surface area contributed by atoms with E-state index in [0.29, 0.717) is 19.5 Å². The maximum atomic E-state index is 12.8. The van der Waals surface area contributed by atoms with E-state index in [1.165, 1.54) is 19.2 Å². The molecule has 104 valence electrons. The first-order valence-corrected chi connectivity index (χ1v) is 6.15. The third kappa shape index (κ3) is 5.07. The van der Waals surface area contributed by atoms with Crippen LogP contribution in [0.25, 0.3) is 0 Å². The molecule has 0 aromatic heterocycles. The van der Waals surface area contributed by atoms with Crippen LogP contribution in [0.2, 0.25) is 0 Å². The standard InChI is InChI=1S/C14H18FNO3/c1-3-13(17)16(9-8-14(18)19-2)10-11-4-6-12(15)7-5-11/h4-7H,3,8-10H2,1-2H3. The first-order chi connectivity index (χ1) is 9.06. The van der Waals surface area contributed by atoms with Gasteiger partial charge in [-0.15, -0.1) is 0 Å². The van der Waals surface area contributed by atoms with E-state index in [-0.39, 0.29) is 24.1 Å². The van der Waals surface area contributed by atoms with E-state index in [1.54, 1.807) is 24.0 Å². The molecule has 0 aliphatic rings. The normalized spacial score (nSPS) is 10.1. The molecule has 0 heterocycles. The summed E-state index contributed by atoms with van der Waals surface area (Å²) in [5.74, 6) is -0.715. The van der Waals surface area contributed by atoms with Gasteiger partial charge in [-0.2, -0.15) is 0 Å². The summed E-state index contributed by atoms with van der Waals surface area (Å²) in [6, 6.07) is 5.96. The van der Waals surface area contributed by atoms with Crippen molar-refractivity contribution in [3.63, 3.8) is 0 Å². The summed E-state index contributed by atoms with van der Waals surface area (Å²) in [6.07, 6.45) is 0.520. The third-order valence-corrected chi connectivity index (χ3v) is 2.76. The molecular formula is C14H18FNO3. The lowest BCUT2D eigenvalue weighted by Crippen LogP contribution is -2.32. The van der Waals surface area contributed by atoms with Gasteiger partial charge in [0.15, 0.2) is 0 Å². The summed E-state index contributed by atoms with van der Waals surface area (Å²) < 4.78 is 17.4. The second-order valence-corrected chi connectivity index (χ2v) is 4.12. The summed E-state index contributed by atoms with van der Waals surface area (Å²) in [5, 5.41) is 0. The van der Waals surface area contributed by atoms with Gasteiger partial charge >= 0.3 is 5.97 Å². The Bertz CT molecular complexity index is 431. The minimum absolute atomic E-state index is 0.0479. The number of hydrogen-bond acceptors (Lipinski definition) is 3. The maximum Gasteiger partial charge on any atom is 0.307 e. The Kier molecular flexibility index (Phi) is 5.99. The minimum Gasteiger partial charge on any atom is -0.469 e. The Balaban J connectivity index is 2.66. The number of methoxy groups -OCH3 is 1. The highest BCUT2D eigenvalue weighted by Crippen LogP contribution is 2.09. The molecule has 0 unspecified atom stereocenters. The zero-order valence-electron chi connectivity index (χ0n) is 11.2. The number of carbonyl (C=O) groups excluding carboxylic acids is 2. The monoisotopic (exact) mass is 267 g/mol. The molecule has 1 aromatic carbocycles. The Hall–Kier alpha value is -1.91. The highest BCUT2D eigenvalue weighted by atomic mass is 19.1. The number of hydrogen-bond donors (Lipinski definition) is 0. The molecule has 0 saturated carbocycles. The number of rotatable bonds is 6. The zero-order chi connectivity index (χ0) is 14.3. The molecule has 0 aliphatic heterocycles. The maximum absolute atomic E-state index is 12.8. The quantitative estimate of drug-likeness (QED) is 0.742. The van der Waals surface area contributed by atoms with Crippen molar-refractivity contribution in [2.75, 3.05) is 13.7 Å². The molecule has 1 aromatic rings. The van der Waals surface area contributed by atoms with Crippen molar-refractivity contribution in [2.45, 2.75) is 26.3 Å². The zero-order valence-corrected chi connectivity index (χ0v) is 11.2. The topological polar surface area (TPSA) is 46.6 Å². The van der Waals surface area contributed by atoms with Gasteiger partial charge in [0.1, 0.15) is 5.82 Å². The first-order valence-electron chi connectivity index (χ1n) is 6.15. The van der Waals surface area contributed by atoms with Gasteiger partial charge in [-0.25, -0.2) is 4.39 Å². The van der Waals surface area contributed by atoms with E-state index in [9.17, 15) is 14.0 Å². The van der Waals surface area contributed by atoms with Crippen LogP contribution >= 0.6 is 0 Å². The van der Waals surface area contributed by atoms with Crippen LogP contribution in [0.4, 0.5) is 4.39 Å². The second-order valence-electron chi connectivity index (χ2n) is 4.12. The van der Waals surface area contributed by atoms with E-state index >= 15 is 0 Å². The molecular weight excluding hydrogens is 249 g/mol. The molecule has 1 rings (SSSR count). The molecule has 19 heavy (non-hydrogen) atoms. The summed E-state index contributed by atoms with van der Waals surface area (Å²) in [6.45, 7) is 2.43. The van der Waals surface area contributed by atoms with E-state index in [2.05, 4.69) is 4.74 Å². The number of halogens is 1. The van der Waals surface area contributed by atoms with Crippen molar-refractivity contribution in [2.24, 2.45) is 0 Å². The number of nitrogens with zero attached hydrogens (tertiary/aromatic N) is 1. The molecule has 0 fully saturated rings. The minimum atomic E-state index is -0.354. The molecule has 4 nitrogen and oxygen atoms in total. The van der Waals surface area contributed by atoms with E-state index in [4.69, 9.17) is 0 Å². The fourth-order valence-corrected chi connectivity index (χ4v) is 1.65. The Morgan fingerprint density at radius 2 is 1.89 bits per heavy atom. The van der Waals surface area contributed by atoms with Crippen LogP contribution in [0.15, 0.2) is 24.3 Å². The van der Waals surface area contributed by atoms with Gasteiger partial charge in [0.25, 0.3) is 0 Å². The first kappa shape index (κ1) is 15.1. The lowest BCUT2D eigenvalue weighted by molar-refractivity contribution is -0.141. The fraction of sp³-hybridized carbons (Fsp3) is 0.429. The summed E-state index contributed by atoms with van der Waals surface area (Å²) >= 11 is 0. The van der Waals surface area contributed by atoms with Crippen LogP contribution in [0.1, 0.15) is 25.3 Å². The summed E-state index contributed by atoms with van der Waals surface area (Å²) in [7, 11) is 1.31. The number of esters is 1. The predicted octanol–water partition coefficient (Wildman–Crippen LogP) is 2.13. The van der Waals surface area contributed by atoms with Crippen LogP contribution in [-0.4, -0.2) is 30.4 Å². The van der Waals surface area contributed by atoms with Gasteiger partial charge in [0.05, 0.1) is 13.5 Å². The van der Waals surface area contributed by atoms with E-state index in [0.717, 1.165) is 5.56 Å². The number of ether oxygens (including phenoxy) is 1. The lowest BCUT2D eigenvalue weighted by atomic mass is 10.2. The van der Waals surface area contributed by atoms with E-state index < -0.39 is 0 Å². The molecule has 5 heteroatoms. The van der Waals surface area contributed by atoms with Gasteiger partial charge < -0.3 is 9.64 Å². The number of carbonyl (C=O) groups is 2. The third-order valence-electron chi connectivity index (χ3n) is 2.76.